The largest absolute Gasteiger partial charge is 0.486 e. The van der Waals surface area contributed by atoms with Crippen molar-refractivity contribution in [3.63, 3.8) is 0 Å². The van der Waals surface area contributed by atoms with Crippen LogP contribution in [-0.4, -0.2) is 30.4 Å². The van der Waals surface area contributed by atoms with E-state index < -0.39 is 0 Å². The van der Waals surface area contributed by atoms with E-state index in [1.54, 1.807) is 11.8 Å². The third kappa shape index (κ3) is 3.79. The van der Waals surface area contributed by atoms with Gasteiger partial charge >= 0.3 is 0 Å². The number of rotatable bonds is 4. The normalized spacial score (nSPS) is 12.7. The molecule has 1 aromatic heterocycles. The molecule has 138 valence electrons. The molecule has 0 spiro atoms. The molecule has 5 nitrogen and oxygen atoms in total. The Morgan fingerprint density at radius 3 is 2.78 bits per heavy atom. The molecule has 3 aromatic rings. The number of benzene rings is 2. The van der Waals surface area contributed by atoms with Crippen LogP contribution in [0.4, 0.5) is 5.13 Å². The summed E-state index contributed by atoms with van der Waals surface area (Å²) in [6.07, 6.45) is 1.99. The van der Waals surface area contributed by atoms with E-state index in [1.807, 2.05) is 55.0 Å². The summed E-state index contributed by atoms with van der Waals surface area (Å²) in [7, 11) is 0. The van der Waals surface area contributed by atoms with Crippen molar-refractivity contribution in [3.8, 4) is 22.8 Å². The minimum absolute atomic E-state index is 0.147. The molecule has 0 unspecified atom stereocenters. The summed E-state index contributed by atoms with van der Waals surface area (Å²) in [4.78, 5) is 18.3. The lowest BCUT2D eigenvalue weighted by atomic mass is 10.1. The van der Waals surface area contributed by atoms with E-state index in [1.165, 1.54) is 11.3 Å². The first-order chi connectivity index (χ1) is 13.1. The predicted molar refractivity (Wildman–Crippen MR) is 109 cm³/mol. The van der Waals surface area contributed by atoms with Crippen molar-refractivity contribution in [2.75, 3.05) is 24.8 Å². The lowest BCUT2D eigenvalue weighted by Crippen LogP contribution is -2.15. The number of nitrogens with one attached hydrogen (secondary N) is 1. The smallest absolute Gasteiger partial charge is 0.257 e. The number of carbonyl (C=O) groups is 1. The average molecular weight is 399 g/mol. The van der Waals surface area contributed by atoms with E-state index in [9.17, 15) is 4.79 Å². The first kappa shape index (κ1) is 17.9. The van der Waals surface area contributed by atoms with Crippen LogP contribution in [0.2, 0.25) is 0 Å². The van der Waals surface area contributed by atoms with E-state index in [0.717, 1.165) is 33.2 Å². The van der Waals surface area contributed by atoms with Gasteiger partial charge in [0.15, 0.2) is 16.6 Å². The maximum Gasteiger partial charge on any atom is 0.257 e. The zero-order chi connectivity index (χ0) is 18.8. The van der Waals surface area contributed by atoms with Crippen molar-refractivity contribution in [1.82, 2.24) is 4.98 Å². The first-order valence-corrected chi connectivity index (χ1v) is 10.6. The van der Waals surface area contributed by atoms with Crippen molar-refractivity contribution >= 4 is 34.1 Å². The minimum atomic E-state index is -0.147. The molecule has 0 aliphatic carbocycles. The fraction of sp³-hybridized carbons (Fsp3) is 0.200. The van der Waals surface area contributed by atoms with Gasteiger partial charge in [0.25, 0.3) is 5.91 Å². The minimum Gasteiger partial charge on any atom is -0.486 e. The SMILES string of the molecule is CSc1ccc(C)c(C(=O)Nc2nc(-c3ccc4c(c3)OCCO4)cs2)c1. The average Bonchev–Trinajstić information content (AvgIpc) is 3.16. The lowest BCUT2D eigenvalue weighted by molar-refractivity contribution is 0.102. The van der Waals surface area contributed by atoms with Gasteiger partial charge in [-0.15, -0.1) is 23.1 Å². The number of thiazole rings is 1. The summed E-state index contributed by atoms with van der Waals surface area (Å²) < 4.78 is 11.2. The van der Waals surface area contributed by atoms with E-state index in [-0.39, 0.29) is 5.91 Å². The lowest BCUT2D eigenvalue weighted by Gasteiger charge is -2.18. The highest BCUT2D eigenvalue weighted by atomic mass is 32.2. The summed E-state index contributed by atoms with van der Waals surface area (Å²) >= 11 is 3.01. The van der Waals surface area contributed by atoms with Gasteiger partial charge in [0.1, 0.15) is 13.2 Å². The molecule has 2 heterocycles. The number of aromatic nitrogens is 1. The third-order valence-electron chi connectivity index (χ3n) is 4.25. The van der Waals surface area contributed by atoms with E-state index in [0.29, 0.717) is 23.9 Å². The van der Waals surface area contributed by atoms with Gasteiger partial charge in [0.05, 0.1) is 5.69 Å². The molecule has 0 atom stereocenters. The summed E-state index contributed by atoms with van der Waals surface area (Å²) in [5, 5.41) is 5.40. The maximum atomic E-state index is 12.7. The van der Waals surface area contributed by atoms with Crippen molar-refractivity contribution in [2.24, 2.45) is 0 Å². The number of nitrogens with zero attached hydrogens (tertiary/aromatic N) is 1. The molecule has 1 amide bonds. The molecule has 1 aliphatic rings. The number of thioether (sulfide) groups is 1. The summed E-state index contributed by atoms with van der Waals surface area (Å²) in [5.74, 6) is 1.33. The molecule has 0 fully saturated rings. The van der Waals surface area contributed by atoms with Gasteiger partial charge in [-0.25, -0.2) is 4.98 Å². The van der Waals surface area contributed by atoms with E-state index >= 15 is 0 Å². The molecule has 0 radical (unpaired) electrons. The number of amides is 1. The Morgan fingerprint density at radius 2 is 1.96 bits per heavy atom. The molecule has 0 saturated carbocycles. The van der Waals surface area contributed by atoms with Crippen LogP contribution in [0.5, 0.6) is 11.5 Å². The van der Waals surface area contributed by atoms with Crippen LogP contribution < -0.4 is 14.8 Å². The van der Waals surface area contributed by atoms with Gasteiger partial charge in [0, 0.05) is 21.4 Å². The van der Waals surface area contributed by atoms with Gasteiger partial charge < -0.3 is 9.47 Å². The summed E-state index contributed by atoms with van der Waals surface area (Å²) in [6, 6.07) is 11.6. The van der Waals surface area contributed by atoms with Crippen molar-refractivity contribution in [1.29, 1.82) is 0 Å². The second-order valence-electron chi connectivity index (χ2n) is 6.03. The number of hydrogen-bond donors (Lipinski definition) is 1. The van der Waals surface area contributed by atoms with E-state index in [4.69, 9.17) is 9.47 Å². The summed E-state index contributed by atoms with van der Waals surface area (Å²) in [5.41, 5.74) is 3.32. The maximum absolute atomic E-state index is 12.7. The Hall–Kier alpha value is -2.51. The standard InChI is InChI=1S/C20H18N2O3S2/c1-12-3-5-14(26-2)10-15(12)19(23)22-20-21-16(11-27-20)13-4-6-17-18(9-13)25-8-7-24-17/h3-6,9-11H,7-8H2,1-2H3,(H,21,22,23). The number of anilines is 1. The second kappa shape index (κ2) is 7.62. The fourth-order valence-electron chi connectivity index (χ4n) is 2.80. The first-order valence-electron chi connectivity index (χ1n) is 8.45. The number of fused-ring (bicyclic) bond motifs is 1. The van der Waals surface area contributed by atoms with Crippen LogP contribution in [-0.2, 0) is 0 Å². The molecule has 27 heavy (non-hydrogen) atoms. The highest BCUT2D eigenvalue weighted by Crippen LogP contribution is 2.35. The second-order valence-corrected chi connectivity index (χ2v) is 7.77. The third-order valence-corrected chi connectivity index (χ3v) is 5.74. The van der Waals surface area contributed by atoms with Crippen molar-refractivity contribution < 1.29 is 14.3 Å². The Balaban J connectivity index is 1.54. The van der Waals surface area contributed by atoms with Crippen LogP contribution >= 0.6 is 23.1 Å². The van der Waals surface area contributed by atoms with Crippen LogP contribution in [0.1, 0.15) is 15.9 Å². The molecule has 0 bridgehead atoms. The van der Waals surface area contributed by atoms with Crippen molar-refractivity contribution in [2.45, 2.75) is 11.8 Å². The topological polar surface area (TPSA) is 60.5 Å². The number of hydrogen-bond acceptors (Lipinski definition) is 6. The Bertz CT molecular complexity index is 1000. The van der Waals surface area contributed by atoms with Crippen LogP contribution in [0, 0.1) is 6.92 Å². The van der Waals surface area contributed by atoms with Gasteiger partial charge in [0.2, 0.25) is 0 Å². The van der Waals surface area contributed by atoms with Gasteiger partial charge in [-0.05, 0) is 49.1 Å². The summed E-state index contributed by atoms with van der Waals surface area (Å²) in [6.45, 7) is 3.04. The highest BCUT2D eigenvalue weighted by molar-refractivity contribution is 7.98. The molecule has 7 heteroatoms. The number of ether oxygens (including phenoxy) is 2. The van der Waals surface area contributed by atoms with Crippen LogP contribution in [0.25, 0.3) is 11.3 Å². The highest BCUT2D eigenvalue weighted by Gasteiger charge is 2.15. The molecule has 1 N–H and O–H groups in total. The molecule has 2 aromatic carbocycles. The van der Waals surface area contributed by atoms with Gasteiger partial charge in [-0.3, -0.25) is 10.1 Å². The molecule has 4 rings (SSSR count). The predicted octanol–water partition coefficient (Wildman–Crippen LogP) is 4.86. The zero-order valence-corrected chi connectivity index (χ0v) is 16.6. The van der Waals surface area contributed by atoms with Gasteiger partial charge in [-0.1, -0.05) is 6.07 Å². The Morgan fingerprint density at radius 1 is 1.15 bits per heavy atom. The number of carbonyl (C=O) groups excluding carboxylic acids is 1. The quantitative estimate of drug-likeness (QED) is 0.636. The monoisotopic (exact) mass is 398 g/mol. The van der Waals surface area contributed by atoms with Gasteiger partial charge in [-0.2, -0.15) is 0 Å². The Kier molecular flexibility index (Phi) is 5.05. The molecule has 1 aliphatic heterocycles. The fourth-order valence-corrected chi connectivity index (χ4v) is 3.96. The Labute approximate surface area is 165 Å². The van der Waals surface area contributed by atoms with Crippen LogP contribution in [0.15, 0.2) is 46.7 Å². The van der Waals surface area contributed by atoms with E-state index in [2.05, 4.69) is 10.3 Å². The van der Waals surface area contributed by atoms with Crippen LogP contribution in [0.3, 0.4) is 0 Å². The molecular weight excluding hydrogens is 380 g/mol. The molecular formula is C20H18N2O3S2. The zero-order valence-electron chi connectivity index (χ0n) is 14.9. The number of aryl methyl sites for hydroxylation is 1. The molecule has 0 saturated heterocycles. The van der Waals surface area contributed by atoms with Crippen molar-refractivity contribution in [3.05, 3.63) is 52.9 Å².